The van der Waals surface area contributed by atoms with Crippen LogP contribution in [0, 0.1) is 0 Å². The van der Waals surface area contributed by atoms with E-state index in [0.717, 1.165) is 0 Å². The number of aromatic amines is 1. The predicted octanol–water partition coefficient (Wildman–Crippen LogP) is -1.29. The number of piperidine rings is 1. The maximum atomic E-state index is 12.4. The summed E-state index contributed by atoms with van der Waals surface area (Å²) in [5.74, 6) is -0.145. The highest BCUT2D eigenvalue weighted by atomic mass is 16.2. The Morgan fingerprint density at radius 2 is 1.90 bits per heavy atom. The number of carbonyl (C=O) groups is 2. The van der Waals surface area contributed by atoms with Crippen molar-refractivity contribution in [1.82, 2.24) is 24.7 Å². The quantitative estimate of drug-likeness (QED) is 0.674. The van der Waals surface area contributed by atoms with Crippen LogP contribution in [-0.4, -0.2) is 63.5 Å². The van der Waals surface area contributed by atoms with Crippen molar-refractivity contribution in [3.8, 4) is 0 Å². The molecule has 3 rings (SSSR count). The Labute approximate surface area is 121 Å². The van der Waals surface area contributed by atoms with Crippen LogP contribution >= 0.6 is 0 Å². The third-order valence-corrected chi connectivity index (χ3v) is 4.62. The molecule has 2 amide bonds. The second-order valence-electron chi connectivity index (χ2n) is 5.77. The molecule has 3 heterocycles. The average Bonchev–Trinajstić information content (AvgIpc) is 2.95. The molecule has 8 heteroatoms. The van der Waals surface area contributed by atoms with Crippen LogP contribution in [0.15, 0.2) is 11.0 Å². The van der Waals surface area contributed by atoms with E-state index in [9.17, 15) is 14.4 Å². The fraction of sp³-hybridized carbons (Fsp3) is 0.615. The molecular weight excluding hydrogens is 274 g/mol. The topological polar surface area (TPSA) is 90.4 Å². The zero-order valence-electron chi connectivity index (χ0n) is 12.2. The van der Waals surface area contributed by atoms with Gasteiger partial charge in [-0.1, -0.05) is 0 Å². The molecule has 1 spiro atoms. The summed E-state index contributed by atoms with van der Waals surface area (Å²) in [6.07, 6.45) is 2.72. The fourth-order valence-corrected chi connectivity index (χ4v) is 3.14. The highest BCUT2D eigenvalue weighted by Crippen LogP contribution is 2.31. The van der Waals surface area contributed by atoms with E-state index in [1.54, 1.807) is 11.9 Å². The van der Waals surface area contributed by atoms with Gasteiger partial charge in [0.15, 0.2) is 0 Å². The van der Waals surface area contributed by atoms with Gasteiger partial charge in [-0.2, -0.15) is 0 Å². The van der Waals surface area contributed by atoms with E-state index in [0.29, 0.717) is 38.3 Å². The number of carbonyl (C=O) groups excluding carboxylic acids is 2. The first-order valence-corrected chi connectivity index (χ1v) is 6.98. The zero-order valence-corrected chi connectivity index (χ0v) is 12.2. The normalized spacial score (nSPS) is 21.8. The Morgan fingerprint density at radius 1 is 1.24 bits per heavy atom. The molecule has 2 saturated heterocycles. The molecule has 8 nitrogen and oxygen atoms in total. The van der Waals surface area contributed by atoms with Crippen molar-refractivity contribution in [3.05, 3.63) is 22.4 Å². The molecule has 0 saturated carbocycles. The summed E-state index contributed by atoms with van der Waals surface area (Å²) in [5, 5.41) is 2.85. The Morgan fingerprint density at radius 3 is 2.38 bits per heavy atom. The van der Waals surface area contributed by atoms with Crippen molar-refractivity contribution in [2.24, 2.45) is 7.05 Å². The fourth-order valence-electron chi connectivity index (χ4n) is 3.14. The van der Waals surface area contributed by atoms with Crippen molar-refractivity contribution in [2.45, 2.75) is 18.4 Å². The number of nitrogens with one attached hydrogen (secondary N) is 2. The maximum Gasteiger partial charge on any atom is 0.325 e. The minimum Gasteiger partial charge on any atom is -0.342 e. The minimum absolute atomic E-state index is 0.0465. The molecule has 1 aromatic rings. The van der Waals surface area contributed by atoms with Gasteiger partial charge in [0.25, 0.3) is 5.91 Å². The number of H-pyrrole nitrogens is 1. The van der Waals surface area contributed by atoms with Gasteiger partial charge in [0.2, 0.25) is 5.91 Å². The molecule has 0 radical (unpaired) electrons. The first-order valence-electron chi connectivity index (χ1n) is 6.98. The molecule has 2 N–H and O–H groups in total. The van der Waals surface area contributed by atoms with E-state index < -0.39 is 5.54 Å². The van der Waals surface area contributed by atoms with Crippen LogP contribution in [0.3, 0.4) is 0 Å². The Balaban J connectivity index is 1.72. The van der Waals surface area contributed by atoms with E-state index in [1.807, 2.05) is 11.9 Å². The van der Waals surface area contributed by atoms with Crippen LogP contribution < -0.4 is 11.0 Å². The Kier molecular flexibility index (Phi) is 3.12. The van der Waals surface area contributed by atoms with Gasteiger partial charge in [0, 0.05) is 26.3 Å². The monoisotopic (exact) mass is 293 g/mol. The summed E-state index contributed by atoms with van der Waals surface area (Å²) in [4.78, 5) is 42.1. The minimum atomic E-state index is -0.485. The van der Waals surface area contributed by atoms with Crippen LogP contribution in [0.2, 0.25) is 0 Å². The summed E-state index contributed by atoms with van der Waals surface area (Å²) in [5.41, 5.74) is -0.495. The summed E-state index contributed by atoms with van der Waals surface area (Å²) in [6.45, 7) is 1.57. The van der Waals surface area contributed by atoms with E-state index in [-0.39, 0.29) is 17.5 Å². The lowest BCUT2D eigenvalue weighted by Gasteiger charge is -2.40. The first kappa shape index (κ1) is 13.9. The van der Waals surface area contributed by atoms with Crippen molar-refractivity contribution < 1.29 is 9.59 Å². The van der Waals surface area contributed by atoms with Gasteiger partial charge in [0.1, 0.15) is 11.2 Å². The SMILES string of the molecule is CN1CNC(=O)C12CCN(C(=O)c1cn(C)c(=O)[nH]1)CC2. The van der Waals surface area contributed by atoms with Gasteiger partial charge in [-0.15, -0.1) is 0 Å². The van der Waals surface area contributed by atoms with Crippen molar-refractivity contribution in [1.29, 1.82) is 0 Å². The predicted molar refractivity (Wildman–Crippen MR) is 74.7 cm³/mol. The number of hydrogen-bond acceptors (Lipinski definition) is 4. The third kappa shape index (κ3) is 2.06. The second kappa shape index (κ2) is 4.73. The second-order valence-corrected chi connectivity index (χ2v) is 5.77. The van der Waals surface area contributed by atoms with Gasteiger partial charge >= 0.3 is 5.69 Å². The van der Waals surface area contributed by atoms with Gasteiger partial charge in [-0.05, 0) is 19.9 Å². The van der Waals surface area contributed by atoms with Crippen molar-refractivity contribution in [2.75, 3.05) is 26.8 Å². The third-order valence-electron chi connectivity index (χ3n) is 4.62. The molecule has 21 heavy (non-hydrogen) atoms. The number of likely N-dealkylation sites (N-methyl/N-ethyl adjacent to an activating group) is 1. The lowest BCUT2D eigenvalue weighted by molar-refractivity contribution is -0.128. The van der Waals surface area contributed by atoms with Gasteiger partial charge < -0.3 is 19.8 Å². The molecule has 0 aromatic carbocycles. The van der Waals surface area contributed by atoms with E-state index >= 15 is 0 Å². The number of hydrogen-bond donors (Lipinski definition) is 2. The molecule has 2 fully saturated rings. The number of aryl methyl sites for hydroxylation is 1. The first-order chi connectivity index (χ1) is 9.94. The summed E-state index contributed by atoms with van der Waals surface area (Å²) in [7, 11) is 3.52. The lowest BCUT2D eigenvalue weighted by atomic mass is 9.86. The van der Waals surface area contributed by atoms with E-state index in [4.69, 9.17) is 0 Å². The number of amides is 2. The van der Waals surface area contributed by atoms with Crippen LogP contribution in [0.1, 0.15) is 23.3 Å². The van der Waals surface area contributed by atoms with Crippen LogP contribution in [-0.2, 0) is 11.8 Å². The zero-order chi connectivity index (χ0) is 15.2. The highest BCUT2D eigenvalue weighted by Gasteiger charge is 2.49. The maximum absolute atomic E-state index is 12.4. The Bertz CT molecular complexity index is 638. The largest absolute Gasteiger partial charge is 0.342 e. The van der Waals surface area contributed by atoms with E-state index in [2.05, 4.69) is 10.3 Å². The average molecular weight is 293 g/mol. The molecule has 1 aromatic heterocycles. The molecule has 0 bridgehead atoms. The standard InChI is InChI=1S/C13H19N5O3/c1-16-7-9(15-12(16)21)10(19)18-5-3-13(4-6-18)11(20)14-8-17(13)2/h7H,3-6,8H2,1-2H3,(H,14,20)(H,15,21). The summed E-state index contributed by atoms with van der Waals surface area (Å²) >= 11 is 0. The van der Waals surface area contributed by atoms with Gasteiger partial charge in [-0.25, -0.2) is 4.79 Å². The van der Waals surface area contributed by atoms with E-state index in [1.165, 1.54) is 10.8 Å². The van der Waals surface area contributed by atoms with Crippen LogP contribution in [0.5, 0.6) is 0 Å². The number of rotatable bonds is 1. The number of likely N-dealkylation sites (tertiary alicyclic amines) is 1. The molecule has 114 valence electrons. The molecule has 0 aliphatic carbocycles. The smallest absolute Gasteiger partial charge is 0.325 e. The Hall–Kier alpha value is -2.09. The van der Waals surface area contributed by atoms with Gasteiger partial charge in [-0.3, -0.25) is 14.5 Å². The highest BCUT2D eigenvalue weighted by molar-refractivity contribution is 5.93. The van der Waals surface area contributed by atoms with Crippen LogP contribution in [0.25, 0.3) is 0 Å². The van der Waals surface area contributed by atoms with Gasteiger partial charge in [0.05, 0.1) is 6.67 Å². The molecule has 0 atom stereocenters. The summed E-state index contributed by atoms with van der Waals surface area (Å²) < 4.78 is 1.34. The van der Waals surface area contributed by atoms with Crippen molar-refractivity contribution >= 4 is 11.8 Å². The molecule has 0 unspecified atom stereocenters. The number of nitrogens with zero attached hydrogens (tertiary/aromatic N) is 3. The number of imidazole rings is 1. The number of aromatic nitrogens is 2. The summed E-state index contributed by atoms with van der Waals surface area (Å²) in [6, 6.07) is 0. The van der Waals surface area contributed by atoms with Crippen molar-refractivity contribution in [3.63, 3.8) is 0 Å². The lowest BCUT2D eigenvalue weighted by Crippen LogP contribution is -2.55. The van der Waals surface area contributed by atoms with Crippen LogP contribution in [0.4, 0.5) is 0 Å². The molecular formula is C13H19N5O3. The molecule has 2 aliphatic heterocycles. The molecule has 2 aliphatic rings.